The number of hydrogen-bond donors (Lipinski definition) is 0. The fraction of sp³-hybridized carbons (Fsp3) is 0. The Morgan fingerprint density at radius 2 is 0.697 bits per heavy atom. The van der Waals surface area contributed by atoms with Crippen LogP contribution in [-0.2, 0) is 20.4 Å². The number of benzene rings is 4. The standard InChI is InChI=1S/2C13H10NO2.Pd/c2*15-13(11-7-3-1-4-8-11)14(16)12-9-5-2-6-10-12;/h2*1-10H;/q2*-1;+2. The number of carbonyl (C=O) groups is 2. The largest absolute Gasteiger partial charge is 2.00 e. The van der Waals surface area contributed by atoms with Gasteiger partial charge in [-0.05, 0) is 48.5 Å². The van der Waals surface area contributed by atoms with Crippen molar-refractivity contribution in [3.63, 3.8) is 0 Å². The monoisotopic (exact) mass is 530 g/mol. The van der Waals surface area contributed by atoms with Crippen LogP contribution in [0.5, 0.6) is 0 Å². The number of anilines is 2. The van der Waals surface area contributed by atoms with Crippen LogP contribution in [0.1, 0.15) is 20.7 Å². The molecule has 0 aromatic heterocycles. The maximum Gasteiger partial charge on any atom is 2.00 e. The summed E-state index contributed by atoms with van der Waals surface area (Å²) in [5.74, 6) is -1.10. The summed E-state index contributed by atoms with van der Waals surface area (Å²) in [6, 6.07) is 33.9. The van der Waals surface area contributed by atoms with Gasteiger partial charge < -0.3 is 20.5 Å². The number of carbonyl (C=O) groups excluding carboxylic acids is 2. The van der Waals surface area contributed by atoms with Crippen molar-refractivity contribution in [2.45, 2.75) is 0 Å². The Balaban J connectivity index is 0.000000227. The molecular weight excluding hydrogens is 511 g/mol. The molecule has 0 spiro atoms. The number of hydroxylamine groups is 2. The van der Waals surface area contributed by atoms with E-state index >= 15 is 0 Å². The van der Waals surface area contributed by atoms with E-state index in [9.17, 15) is 20.0 Å². The van der Waals surface area contributed by atoms with Gasteiger partial charge in [-0.15, -0.1) is 0 Å². The molecule has 168 valence electrons. The quantitative estimate of drug-likeness (QED) is 0.252. The smallest absolute Gasteiger partial charge is 0.751 e. The third-order valence-electron chi connectivity index (χ3n) is 4.39. The molecule has 0 radical (unpaired) electrons. The van der Waals surface area contributed by atoms with Gasteiger partial charge in [0.15, 0.2) is 0 Å². The van der Waals surface area contributed by atoms with Crippen LogP contribution in [0.4, 0.5) is 11.4 Å². The van der Waals surface area contributed by atoms with Crippen molar-refractivity contribution < 1.29 is 30.0 Å². The van der Waals surface area contributed by atoms with Gasteiger partial charge in [-0.1, -0.05) is 72.8 Å². The summed E-state index contributed by atoms with van der Waals surface area (Å²) >= 11 is 0. The molecule has 4 rings (SSSR count). The predicted octanol–water partition coefficient (Wildman–Crippen LogP) is 5.66. The Morgan fingerprint density at radius 3 is 0.970 bits per heavy atom. The number of amides is 2. The average Bonchev–Trinajstić information content (AvgIpc) is 2.89. The first-order chi connectivity index (χ1) is 15.6. The first-order valence-electron chi connectivity index (χ1n) is 9.81. The van der Waals surface area contributed by atoms with Gasteiger partial charge in [-0.2, -0.15) is 0 Å². The van der Waals surface area contributed by atoms with Gasteiger partial charge in [0.25, 0.3) is 0 Å². The molecule has 0 saturated heterocycles. The molecule has 33 heavy (non-hydrogen) atoms. The Kier molecular flexibility index (Phi) is 10.2. The number of rotatable bonds is 4. The number of nitrogens with zero attached hydrogens (tertiary/aromatic N) is 2. The summed E-state index contributed by atoms with van der Waals surface area (Å²) in [7, 11) is 0. The molecule has 0 saturated carbocycles. The van der Waals surface area contributed by atoms with Gasteiger partial charge in [-0.25, -0.2) is 0 Å². The van der Waals surface area contributed by atoms with E-state index in [1.165, 1.54) is 0 Å². The van der Waals surface area contributed by atoms with Gasteiger partial charge in [0.1, 0.15) is 0 Å². The van der Waals surface area contributed by atoms with E-state index in [0.29, 0.717) is 32.6 Å². The molecule has 0 atom stereocenters. The Morgan fingerprint density at radius 1 is 0.455 bits per heavy atom. The van der Waals surface area contributed by atoms with Crippen LogP contribution in [0.2, 0.25) is 0 Å². The van der Waals surface area contributed by atoms with Crippen LogP contribution < -0.4 is 10.1 Å². The van der Waals surface area contributed by atoms with Crippen LogP contribution >= 0.6 is 0 Å². The molecule has 0 heterocycles. The molecule has 4 aromatic rings. The Labute approximate surface area is 205 Å². The van der Waals surface area contributed by atoms with Gasteiger partial charge in [0.05, 0.1) is 0 Å². The second-order valence-electron chi connectivity index (χ2n) is 6.60. The molecule has 2 amide bonds. The van der Waals surface area contributed by atoms with Crippen molar-refractivity contribution in [2.24, 2.45) is 0 Å². The molecule has 0 fully saturated rings. The van der Waals surface area contributed by atoms with E-state index in [4.69, 9.17) is 0 Å². The molecule has 0 bridgehead atoms. The molecule has 6 nitrogen and oxygen atoms in total. The van der Waals surface area contributed by atoms with Crippen molar-refractivity contribution >= 4 is 23.2 Å². The van der Waals surface area contributed by atoms with Crippen molar-refractivity contribution in [3.8, 4) is 0 Å². The number of para-hydroxylation sites is 2. The van der Waals surface area contributed by atoms with E-state index in [1.54, 1.807) is 121 Å². The average molecular weight is 531 g/mol. The molecule has 0 unspecified atom stereocenters. The first kappa shape index (κ1) is 25.7. The zero-order chi connectivity index (χ0) is 22.8. The molecule has 0 aliphatic heterocycles. The Hall–Kier alpha value is -3.60. The van der Waals surface area contributed by atoms with Gasteiger partial charge in [-0.3, -0.25) is 9.59 Å². The van der Waals surface area contributed by atoms with Gasteiger partial charge in [0.2, 0.25) is 11.8 Å². The summed E-state index contributed by atoms with van der Waals surface area (Å²) in [5, 5.41) is 24.2. The molecule has 4 aromatic carbocycles. The third-order valence-corrected chi connectivity index (χ3v) is 4.39. The third kappa shape index (κ3) is 7.21. The van der Waals surface area contributed by atoms with Crippen LogP contribution in [0.25, 0.3) is 0 Å². The summed E-state index contributed by atoms with van der Waals surface area (Å²) in [5.41, 5.74) is 1.47. The van der Waals surface area contributed by atoms with E-state index in [1.807, 2.05) is 0 Å². The molecule has 0 N–H and O–H groups in total. The van der Waals surface area contributed by atoms with Gasteiger partial charge in [0, 0.05) is 22.5 Å². The SMILES string of the molecule is O=C(c1ccccc1)N([O-])c1ccccc1.O=C(c1ccccc1)N([O-])c1ccccc1.[Pd+2]. The van der Waals surface area contributed by atoms with E-state index in [-0.39, 0.29) is 20.4 Å². The number of hydrogen-bond acceptors (Lipinski definition) is 4. The van der Waals surface area contributed by atoms with Crippen molar-refractivity contribution in [1.82, 2.24) is 0 Å². The fourth-order valence-corrected chi connectivity index (χ4v) is 2.76. The topological polar surface area (TPSA) is 86.7 Å². The maximum absolute atomic E-state index is 11.8. The summed E-state index contributed by atoms with van der Waals surface area (Å²) in [6.45, 7) is 0. The molecule has 7 heteroatoms. The Bertz CT molecular complexity index is 1040. The second-order valence-corrected chi connectivity index (χ2v) is 6.60. The minimum absolute atomic E-state index is 0. The van der Waals surface area contributed by atoms with E-state index < -0.39 is 11.8 Å². The first-order valence-corrected chi connectivity index (χ1v) is 9.81. The summed E-state index contributed by atoms with van der Waals surface area (Å²) in [6.07, 6.45) is 0. The van der Waals surface area contributed by atoms with Crippen LogP contribution in [-0.4, -0.2) is 11.8 Å². The second kappa shape index (κ2) is 13.1. The van der Waals surface area contributed by atoms with Crippen molar-refractivity contribution in [1.29, 1.82) is 0 Å². The van der Waals surface area contributed by atoms with Crippen molar-refractivity contribution in [2.75, 3.05) is 10.1 Å². The van der Waals surface area contributed by atoms with Crippen LogP contribution in [0.15, 0.2) is 121 Å². The van der Waals surface area contributed by atoms with E-state index in [2.05, 4.69) is 0 Å². The summed E-state index contributed by atoms with van der Waals surface area (Å²) in [4.78, 5) is 23.5. The zero-order valence-electron chi connectivity index (χ0n) is 17.4. The minimum Gasteiger partial charge on any atom is -0.751 e. The predicted molar refractivity (Wildman–Crippen MR) is 126 cm³/mol. The summed E-state index contributed by atoms with van der Waals surface area (Å²) < 4.78 is 0. The normalized spacial score (nSPS) is 9.52. The maximum atomic E-state index is 11.8. The van der Waals surface area contributed by atoms with Crippen molar-refractivity contribution in [3.05, 3.63) is 143 Å². The molecular formula is C26H20N2O4Pd. The fourth-order valence-electron chi connectivity index (χ4n) is 2.76. The van der Waals surface area contributed by atoms with Crippen LogP contribution in [0, 0.1) is 10.4 Å². The van der Waals surface area contributed by atoms with Crippen LogP contribution in [0.3, 0.4) is 0 Å². The molecule has 0 aliphatic carbocycles. The molecule has 0 aliphatic rings. The van der Waals surface area contributed by atoms with Gasteiger partial charge >= 0.3 is 20.4 Å². The minimum atomic E-state index is -0.549. The zero-order valence-corrected chi connectivity index (χ0v) is 18.9. The van der Waals surface area contributed by atoms with E-state index in [0.717, 1.165) is 0 Å².